The molecule has 0 spiro atoms. The monoisotopic (exact) mass is 623 g/mol. The Hall–Kier alpha value is -4.03. The molecule has 1 aromatic heterocycles. The molecule has 0 saturated heterocycles. The summed E-state index contributed by atoms with van der Waals surface area (Å²) >= 11 is 3.74. The van der Waals surface area contributed by atoms with Crippen molar-refractivity contribution in [3.8, 4) is 21.9 Å². The molecule has 0 bridgehead atoms. The Kier molecular flexibility index (Phi) is 6.42. The van der Waals surface area contributed by atoms with Crippen molar-refractivity contribution in [3.63, 3.8) is 0 Å². The van der Waals surface area contributed by atoms with E-state index >= 15 is 0 Å². The molecule has 2 aliphatic rings. The van der Waals surface area contributed by atoms with Crippen molar-refractivity contribution in [3.05, 3.63) is 139 Å². The lowest BCUT2D eigenvalue weighted by Crippen LogP contribution is -2.56. The van der Waals surface area contributed by atoms with E-state index in [1.54, 1.807) is 0 Å². The summed E-state index contributed by atoms with van der Waals surface area (Å²) in [6.45, 7) is 9.60. The van der Waals surface area contributed by atoms with Gasteiger partial charge >= 0.3 is 0 Å². The van der Waals surface area contributed by atoms with Crippen LogP contribution in [0, 0.1) is 0 Å². The minimum atomic E-state index is -1.93. The molecule has 6 aromatic rings. The normalized spacial score (nSPS) is 15.3. The Morgan fingerprint density at radius 3 is 2.18 bits per heavy atom. The maximum Gasteiger partial charge on any atom is 0.155 e. The Bertz CT molecular complexity index is 1940. The van der Waals surface area contributed by atoms with E-state index in [9.17, 15) is 0 Å². The second-order valence-corrected chi connectivity index (χ2v) is 19.0. The molecule has 0 saturated carbocycles. The van der Waals surface area contributed by atoms with Crippen LogP contribution < -0.4 is 20.0 Å². The Balaban J connectivity index is 1.37. The van der Waals surface area contributed by atoms with Crippen LogP contribution in [0.3, 0.4) is 0 Å². The SMILES string of the molecule is CC1(C)c2ccccc2Oc2c(N(c3ccc(-c4ccccc4)s3)c3cccc4c3Sc3ccccc3[Si]4(C)C)cccc21. The number of para-hydroxylation sites is 2. The van der Waals surface area contributed by atoms with Gasteiger partial charge in [0, 0.05) is 31.2 Å². The van der Waals surface area contributed by atoms with Gasteiger partial charge in [0.25, 0.3) is 0 Å². The van der Waals surface area contributed by atoms with Crippen molar-refractivity contribution in [2.75, 3.05) is 4.90 Å². The van der Waals surface area contributed by atoms with Crippen LogP contribution in [-0.2, 0) is 5.41 Å². The molecule has 5 heteroatoms. The second kappa shape index (κ2) is 10.3. The van der Waals surface area contributed by atoms with Crippen molar-refractivity contribution in [2.24, 2.45) is 0 Å². The summed E-state index contributed by atoms with van der Waals surface area (Å²) in [4.78, 5) is 6.44. The quantitative estimate of drug-likeness (QED) is 0.181. The molecule has 0 N–H and O–H groups in total. The topological polar surface area (TPSA) is 12.5 Å². The average Bonchev–Trinajstić information content (AvgIpc) is 3.52. The standard InChI is InChI=1S/C39H33NOS2Si/c1-39(2)27-16-8-9-20-31(27)41-37-28(39)17-12-18-29(37)40(36-25-24-32(42-36)26-14-6-5-7-15-26)30-19-13-23-35-38(30)43-33-21-10-11-22-34(33)44(35,3)4/h5-25H,1-4H3. The van der Waals surface area contributed by atoms with Crippen LogP contribution in [0.1, 0.15) is 25.0 Å². The first-order valence-electron chi connectivity index (χ1n) is 15.1. The zero-order valence-corrected chi connectivity index (χ0v) is 27.9. The highest BCUT2D eigenvalue weighted by Gasteiger charge is 2.39. The van der Waals surface area contributed by atoms with E-state index < -0.39 is 8.07 Å². The lowest BCUT2D eigenvalue weighted by atomic mass is 9.75. The van der Waals surface area contributed by atoms with E-state index in [1.807, 2.05) is 23.1 Å². The maximum atomic E-state index is 6.87. The number of anilines is 3. The van der Waals surface area contributed by atoms with Crippen molar-refractivity contribution in [1.29, 1.82) is 0 Å². The summed E-state index contributed by atoms with van der Waals surface area (Å²) in [6, 6.07) is 46.3. The predicted molar refractivity (Wildman–Crippen MR) is 190 cm³/mol. The highest BCUT2D eigenvalue weighted by Crippen LogP contribution is 2.55. The van der Waals surface area contributed by atoms with Gasteiger partial charge in [0.1, 0.15) is 18.8 Å². The number of hydrogen-bond donors (Lipinski definition) is 0. The van der Waals surface area contributed by atoms with E-state index in [0.717, 1.165) is 17.2 Å². The number of benzene rings is 5. The molecule has 3 heterocycles. The van der Waals surface area contributed by atoms with Crippen LogP contribution in [0.15, 0.2) is 137 Å². The lowest BCUT2D eigenvalue weighted by Gasteiger charge is -2.39. The van der Waals surface area contributed by atoms with Gasteiger partial charge in [-0.25, -0.2) is 0 Å². The van der Waals surface area contributed by atoms with Crippen molar-refractivity contribution >= 4 is 57.9 Å². The van der Waals surface area contributed by atoms with Gasteiger partial charge in [0.15, 0.2) is 5.75 Å². The van der Waals surface area contributed by atoms with E-state index in [0.29, 0.717) is 0 Å². The van der Waals surface area contributed by atoms with Gasteiger partial charge in [-0.1, -0.05) is 130 Å². The minimum Gasteiger partial charge on any atom is -0.455 e. The van der Waals surface area contributed by atoms with Gasteiger partial charge in [-0.15, -0.1) is 11.3 Å². The third kappa shape index (κ3) is 4.21. The highest BCUT2D eigenvalue weighted by molar-refractivity contribution is 8.00. The number of nitrogens with zero attached hydrogens (tertiary/aromatic N) is 1. The van der Waals surface area contributed by atoms with Crippen LogP contribution in [-0.4, -0.2) is 8.07 Å². The summed E-state index contributed by atoms with van der Waals surface area (Å²) in [5.74, 6) is 1.86. The van der Waals surface area contributed by atoms with Gasteiger partial charge in [-0.2, -0.15) is 0 Å². The minimum absolute atomic E-state index is 0.199. The molecule has 0 fully saturated rings. The molecular weight excluding hydrogens is 591 g/mol. The van der Waals surface area contributed by atoms with Gasteiger partial charge in [0.2, 0.25) is 0 Å². The summed E-state index contributed by atoms with van der Waals surface area (Å²) in [7, 11) is -1.93. The zero-order chi connectivity index (χ0) is 30.1. The molecule has 0 atom stereocenters. The van der Waals surface area contributed by atoms with E-state index in [-0.39, 0.29) is 5.41 Å². The van der Waals surface area contributed by atoms with Crippen LogP contribution in [0.2, 0.25) is 13.1 Å². The third-order valence-electron chi connectivity index (χ3n) is 9.23. The largest absolute Gasteiger partial charge is 0.455 e. The first kappa shape index (κ1) is 27.5. The summed E-state index contributed by atoms with van der Waals surface area (Å²) < 4.78 is 6.87. The summed E-state index contributed by atoms with van der Waals surface area (Å²) in [5.41, 5.74) is 5.73. The Morgan fingerprint density at radius 1 is 0.636 bits per heavy atom. The van der Waals surface area contributed by atoms with Crippen LogP contribution in [0.25, 0.3) is 10.4 Å². The smallest absolute Gasteiger partial charge is 0.155 e. The zero-order valence-electron chi connectivity index (χ0n) is 25.3. The summed E-state index contributed by atoms with van der Waals surface area (Å²) in [6.07, 6.45) is 0. The van der Waals surface area contributed by atoms with E-state index in [2.05, 4.69) is 159 Å². The molecule has 0 radical (unpaired) electrons. The predicted octanol–water partition coefficient (Wildman–Crippen LogP) is 10.6. The van der Waals surface area contributed by atoms with Gasteiger partial charge in [0.05, 0.1) is 11.4 Å². The third-order valence-corrected chi connectivity index (χ3v) is 15.5. The van der Waals surface area contributed by atoms with Gasteiger partial charge in [-0.3, -0.25) is 4.90 Å². The fourth-order valence-electron chi connectivity index (χ4n) is 6.83. The fourth-order valence-corrected chi connectivity index (χ4v) is 13.4. The Morgan fingerprint density at radius 2 is 1.32 bits per heavy atom. The van der Waals surface area contributed by atoms with Crippen LogP contribution >= 0.6 is 23.1 Å². The first-order chi connectivity index (χ1) is 21.3. The molecule has 0 aliphatic carbocycles. The fraction of sp³-hybridized carbons (Fsp3) is 0.128. The molecule has 2 nitrogen and oxygen atoms in total. The summed E-state index contributed by atoms with van der Waals surface area (Å²) in [5, 5.41) is 4.17. The lowest BCUT2D eigenvalue weighted by molar-refractivity contribution is 0.419. The first-order valence-corrected chi connectivity index (χ1v) is 19.7. The van der Waals surface area contributed by atoms with Crippen molar-refractivity contribution in [1.82, 2.24) is 0 Å². The second-order valence-electron chi connectivity index (χ2n) is 12.6. The van der Waals surface area contributed by atoms with Gasteiger partial charge in [-0.05, 0) is 52.3 Å². The number of fused-ring (bicyclic) bond motifs is 4. The van der Waals surface area contributed by atoms with Gasteiger partial charge < -0.3 is 4.74 Å². The van der Waals surface area contributed by atoms with Crippen molar-refractivity contribution < 1.29 is 4.74 Å². The average molecular weight is 624 g/mol. The highest BCUT2D eigenvalue weighted by atomic mass is 32.2. The number of thiophene rings is 1. The molecule has 0 amide bonds. The van der Waals surface area contributed by atoms with Crippen LogP contribution in [0.4, 0.5) is 16.4 Å². The van der Waals surface area contributed by atoms with Crippen molar-refractivity contribution in [2.45, 2.75) is 42.1 Å². The number of rotatable bonds is 4. The van der Waals surface area contributed by atoms with E-state index in [1.165, 1.54) is 52.4 Å². The molecule has 2 aliphatic heterocycles. The van der Waals surface area contributed by atoms with Crippen LogP contribution in [0.5, 0.6) is 11.5 Å². The van der Waals surface area contributed by atoms with E-state index in [4.69, 9.17) is 4.74 Å². The number of ether oxygens (including phenoxy) is 1. The Labute approximate surface area is 269 Å². The molecular formula is C39H33NOS2Si. The molecule has 44 heavy (non-hydrogen) atoms. The molecule has 8 rings (SSSR count). The maximum absolute atomic E-state index is 6.87. The number of hydrogen-bond acceptors (Lipinski definition) is 4. The molecule has 0 unspecified atom stereocenters. The molecule has 216 valence electrons. The molecule has 5 aromatic carbocycles.